The Hall–Kier alpha value is -2.51. The molecule has 2 rings (SSSR count). The van der Waals surface area contributed by atoms with Crippen LogP contribution in [0.1, 0.15) is 5.56 Å². The number of benzene rings is 2. The molecule has 4 nitrogen and oxygen atoms in total. The fourth-order valence-corrected chi connectivity index (χ4v) is 2.54. The number of hydrogen-bond acceptors (Lipinski definition) is 3. The van der Waals surface area contributed by atoms with Crippen molar-refractivity contribution in [3.05, 3.63) is 52.8 Å². The van der Waals surface area contributed by atoms with Crippen molar-refractivity contribution in [3.63, 3.8) is 0 Å². The van der Waals surface area contributed by atoms with E-state index in [0.29, 0.717) is 12.1 Å². The molecular weight excluding hydrogens is 345 g/mol. The van der Waals surface area contributed by atoms with Crippen LogP contribution >= 0.6 is 0 Å². The summed E-state index contributed by atoms with van der Waals surface area (Å²) in [5.74, 6) is -11.6. The van der Waals surface area contributed by atoms with Gasteiger partial charge in [0.2, 0.25) is 5.82 Å². The van der Waals surface area contributed by atoms with Gasteiger partial charge in [0, 0.05) is 5.56 Å². The minimum atomic E-state index is -5.06. The van der Waals surface area contributed by atoms with E-state index < -0.39 is 55.2 Å². The zero-order valence-corrected chi connectivity index (χ0v) is 11.6. The molecule has 0 radical (unpaired) electrons. The van der Waals surface area contributed by atoms with E-state index >= 15 is 0 Å². The SMILES string of the molecule is N#Cc1ccc(S(=O)(=O)O)c(-c2c(F)c(F)c(F)c(F)c2F)c1. The van der Waals surface area contributed by atoms with Crippen LogP contribution in [0.15, 0.2) is 23.1 Å². The van der Waals surface area contributed by atoms with Crippen molar-refractivity contribution in [1.29, 1.82) is 5.26 Å². The van der Waals surface area contributed by atoms with Gasteiger partial charge < -0.3 is 0 Å². The van der Waals surface area contributed by atoms with Gasteiger partial charge in [0.1, 0.15) is 4.90 Å². The molecule has 0 aliphatic carbocycles. The monoisotopic (exact) mass is 349 g/mol. The lowest BCUT2D eigenvalue weighted by Crippen LogP contribution is -2.08. The summed E-state index contributed by atoms with van der Waals surface area (Å²) in [5, 5.41) is 8.74. The lowest BCUT2D eigenvalue weighted by Gasteiger charge is -2.11. The molecule has 1 N–H and O–H groups in total. The van der Waals surface area contributed by atoms with E-state index in [1.807, 2.05) is 0 Å². The molecule has 0 heterocycles. The topological polar surface area (TPSA) is 78.2 Å². The first-order chi connectivity index (χ1) is 10.6. The Kier molecular flexibility index (Phi) is 4.10. The van der Waals surface area contributed by atoms with Gasteiger partial charge in [0.15, 0.2) is 23.3 Å². The quantitative estimate of drug-likeness (QED) is 0.391. The summed E-state index contributed by atoms with van der Waals surface area (Å²) >= 11 is 0. The van der Waals surface area contributed by atoms with Crippen molar-refractivity contribution in [2.24, 2.45) is 0 Å². The zero-order valence-electron chi connectivity index (χ0n) is 10.7. The molecular formula is C13H4F5NO3S. The molecule has 0 bridgehead atoms. The molecule has 23 heavy (non-hydrogen) atoms. The third-order valence-electron chi connectivity index (χ3n) is 2.87. The van der Waals surface area contributed by atoms with E-state index in [0.717, 1.165) is 6.07 Å². The molecule has 0 aliphatic heterocycles. The molecule has 2 aromatic rings. The number of nitriles is 1. The Morgan fingerprint density at radius 1 is 0.913 bits per heavy atom. The van der Waals surface area contributed by atoms with Crippen LogP contribution in [0.25, 0.3) is 11.1 Å². The highest BCUT2D eigenvalue weighted by atomic mass is 32.2. The van der Waals surface area contributed by atoms with Crippen molar-refractivity contribution in [1.82, 2.24) is 0 Å². The fourth-order valence-electron chi connectivity index (χ4n) is 1.86. The van der Waals surface area contributed by atoms with Gasteiger partial charge in [-0.25, -0.2) is 22.0 Å². The molecule has 0 spiro atoms. The molecule has 0 amide bonds. The Labute approximate surface area is 126 Å². The number of halogens is 5. The normalized spacial score (nSPS) is 11.3. The van der Waals surface area contributed by atoms with Gasteiger partial charge in [-0.15, -0.1) is 0 Å². The van der Waals surface area contributed by atoms with E-state index in [2.05, 4.69) is 0 Å². The number of nitrogens with zero attached hydrogens (tertiary/aromatic N) is 1. The first kappa shape index (κ1) is 16.9. The first-order valence-corrected chi connectivity index (χ1v) is 7.07. The second-order valence-electron chi connectivity index (χ2n) is 4.24. The minimum Gasteiger partial charge on any atom is -0.282 e. The van der Waals surface area contributed by atoms with Gasteiger partial charge >= 0.3 is 0 Å². The standard InChI is InChI=1S/C13H4F5NO3S/c14-9-8(10(15)12(17)13(18)11(9)16)6-3-5(4-19)1-2-7(6)23(20,21)22/h1-3H,(H,20,21,22). The molecule has 10 heteroatoms. The molecule has 0 unspecified atom stereocenters. The highest BCUT2D eigenvalue weighted by Gasteiger charge is 2.30. The maximum absolute atomic E-state index is 13.8. The highest BCUT2D eigenvalue weighted by Crippen LogP contribution is 2.35. The van der Waals surface area contributed by atoms with Gasteiger partial charge in [-0.2, -0.15) is 13.7 Å². The van der Waals surface area contributed by atoms with Gasteiger partial charge in [0.05, 0.1) is 17.2 Å². The third-order valence-corrected chi connectivity index (χ3v) is 3.78. The van der Waals surface area contributed by atoms with Crippen LogP contribution in [-0.4, -0.2) is 13.0 Å². The van der Waals surface area contributed by atoms with Crippen LogP contribution in [0, 0.1) is 40.4 Å². The summed E-state index contributed by atoms with van der Waals surface area (Å²) in [6.07, 6.45) is 0. The smallest absolute Gasteiger partial charge is 0.282 e. The predicted octanol–water partition coefficient (Wildman–Crippen LogP) is 3.17. The summed E-state index contributed by atoms with van der Waals surface area (Å²) in [7, 11) is -5.06. The molecule has 0 fully saturated rings. The minimum absolute atomic E-state index is 0.323. The average Bonchev–Trinajstić information content (AvgIpc) is 2.50. The van der Waals surface area contributed by atoms with Gasteiger partial charge in [-0.1, -0.05) is 0 Å². The van der Waals surface area contributed by atoms with Gasteiger partial charge in [0.25, 0.3) is 10.1 Å². The molecule has 2 aromatic carbocycles. The van der Waals surface area contributed by atoms with E-state index in [1.165, 1.54) is 6.07 Å². The summed E-state index contributed by atoms with van der Waals surface area (Å²) in [6.45, 7) is 0. The van der Waals surface area contributed by atoms with Crippen LogP contribution < -0.4 is 0 Å². The second kappa shape index (κ2) is 5.60. The van der Waals surface area contributed by atoms with Crippen molar-refractivity contribution >= 4 is 10.1 Å². The van der Waals surface area contributed by atoms with Crippen LogP contribution in [0.2, 0.25) is 0 Å². The van der Waals surface area contributed by atoms with Crippen molar-refractivity contribution in [2.75, 3.05) is 0 Å². The molecule has 0 aliphatic rings. The molecule has 0 saturated heterocycles. The summed E-state index contributed by atoms with van der Waals surface area (Å²) in [6, 6.07) is 3.60. The Morgan fingerprint density at radius 3 is 1.83 bits per heavy atom. The molecule has 0 saturated carbocycles. The predicted molar refractivity (Wildman–Crippen MR) is 66.2 cm³/mol. The zero-order chi connectivity index (χ0) is 17.5. The Bertz CT molecular complexity index is 938. The second-order valence-corrected chi connectivity index (χ2v) is 5.63. The number of hydrogen-bond donors (Lipinski definition) is 1. The molecule has 0 aromatic heterocycles. The largest absolute Gasteiger partial charge is 0.295 e. The summed E-state index contributed by atoms with van der Waals surface area (Å²) in [5.41, 5.74) is -2.91. The Balaban J connectivity index is 3.01. The van der Waals surface area contributed by atoms with Crippen LogP contribution in [0.5, 0.6) is 0 Å². The van der Waals surface area contributed by atoms with Crippen LogP contribution in [0.4, 0.5) is 22.0 Å². The first-order valence-electron chi connectivity index (χ1n) is 5.63. The van der Waals surface area contributed by atoms with E-state index in [9.17, 15) is 30.4 Å². The van der Waals surface area contributed by atoms with Gasteiger partial charge in [-0.3, -0.25) is 4.55 Å². The summed E-state index contributed by atoms with van der Waals surface area (Å²) in [4.78, 5) is -1.11. The van der Waals surface area contributed by atoms with Crippen molar-refractivity contribution in [2.45, 2.75) is 4.90 Å². The third kappa shape index (κ3) is 2.76. The van der Waals surface area contributed by atoms with Crippen molar-refractivity contribution < 1.29 is 34.9 Å². The lowest BCUT2D eigenvalue weighted by atomic mass is 10.0. The van der Waals surface area contributed by atoms with Crippen LogP contribution in [-0.2, 0) is 10.1 Å². The average molecular weight is 349 g/mol. The van der Waals surface area contributed by atoms with E-state index in [4.69, 9.17) is 9.81 Å². The van der Waals surface area contributed by atoms with Crippen molar-refractivity contribution in [3.8, 4) is 17.2 Å². The fraction of sp³-hybridized carbons (Fsp3) is 0. The van der Waals surface area contributed by atoms with Crippen LogP contribution in [0.3, 0.4) is 0 Å². The molecule has 120 valence electrons. The van der Waals surface area contributed by atoms with E-state index in [1.54, 1.807) is 0 Å². The maximum atomic E-state index is 13.8. The maximum Gasteiger partial charge on any atom is 0.295 e. The highest BCUT2D eigenvalue weighted by molar-refractivity contribution is 7.86. The molecule has 0 atom stereocenters. The lowest BCUT2D eigenvalue weighted by molar-refractivity contribution is 0.381. The van der Waals surface area contributed by atoms with Gasteiger partial charge in [-0.05, 0) is 18.2 Å². The van der Waals surface area contributed by atoms with E-state index in [-0.39, 0.29) is 5.56 Å². The summed E-state index contributed by atoms with van der Waals surface area (Å²) < 4.78 is 98.7. The number of rotatable bonds is 2. The Morgan fingerprint density at radius 2 is 1.39 bits per heavy atom.